The molecule has 0 aromatic heterocycles. The molecule has 28 heavy (non-hydrogen) atoms. The molecule has 1 aliphatic heterocycles. The summed E-state index contributed by atoms with van der Waals surface area (Å²) in [6.07, 6.45) is -6.09. The van der Waals surface area contributed by atoms with Gasteiger partial charge in [-0.05, 0) is 26.3 Å². The first-order valence-electron chi connectivity index (χ1n) is 8.95. The molecule has 1 aliphatic rings. The summed E-state index contributed by atoms with van der Waals surface area (Å²) in [5.41, 5.74) is -0.0122. The molecule has 2 unspecified atom stereocenters. The third-order valence-corrected chi connectivity index (χ3v) is 4.23. The second-order valence-corrected chi connectivity index (χ2v) is 7.74. The lowest BCUT2D eigenvalue weighted by molar-refractivity contribution is -0.179. The highest BCUT2D eigenvalue weighted by molar-refractivity contribution is 5.69. The molecule has 1 heterocycles. The van der Waals surface area contributed by atoms with E-state index in [2.05, 4.69) is 5.32 Å². The van der Waals surface area contributed by atoms with Crippen LogP contribution in [0.4, 0.5) is 22.8 Å². The molecule has 1 aromatic carbocycles. The maximum absolute atomic E-state index is 13.4. The first kappa shape index (κ1) is 21.8. The van der Waals surface area contributed by atoms with Crippen LogP contribution in [0.1, 0.15) is 26.3 Å². The summed E-state index contributed by atoms with van der Waals surface area (Å²) in [6.45, 7) is 4.04. The van der Waals surface area contributed by atoms with Crippen LogP contribution in [-0.4, -0.2) is 48.5 Å². The molecule has 0 saturated carbocycles. The molecular weight excluding hydrogens is 377 g/mol. The number of hydrogen-bond acceptors (Lipinski definition) is 4. The van der Waals surface area contributed by atoms with Gasteiger partial charge in [0.05, 0.1) is 5.92 Å². The minimum atomic E-state index is -4.49. The van der Waals surface area contributed by atoms with E-state index in [-0.39, 0.29) is 19.7 Å². The van der Waals surface area contributed by atoms with Crippen molar-refractivity contribution in [2.24, 2.45) is 11.8 Å². The average molecular weight is 402 g/mol. The molecule has 6 nitrogen and oxygen atoms in total. The maximum Gasteiger partial charge on any atom is 0.410 e. The average Bonchev–Trinajstić information content (AvgIpc) is 3.02. The lowest BCUT2D eigenvalue weighted by Gasteiger charge is -2.23. The molecule has 2 amide bonds. The van der Waals surface area contributed by atoms with Crippen molar-refractivity contribution in [3.63, 3.8) is 0 Å². The highest BCUT2D eigenvalue weighted by atomic mass is 19.4. The molecule has 0 radical (unpaired) electrons. The van der Waals surface area contributed by atoms with E-state index in [1.807, 2.05) is 6.07 Å². The molecule has 2 atom stereocenters. The molecule has 0 bridgehead atoms. The van der Waals surface area contributed by atoms with Crippen LogP contribution in [0.2, 0.25) is 0 Å². The van der Waals surface area contributed by atoms with Crippen molar-refractivity contribution < 1.29 is 32.2 Å². The zero-order valence-corrected chi connectivity index (χ0v) is 16.1. The van der Waals surface area contributed by atoms with Gasteiger partial charge >= 0.3 is 18.4 Å². The number of halogens is 3. The Morgan fingerprint density at radius 2 is 1.79 bits per heavy atom. The van der Waals surface area contributed by atoms with Crippen molar-refractivity contribution in [3.8, 4) is 0 Å². The zero-order valence-electron chi connectivity index (χ0n) is 16.1. The fraction of sp³-hybridized carbons (Fsp3) is 0.579. The van der Waals surface area contributed by atoms with Gasteiger partial charge in [-0.3, -0.25) is 0 Å². The van der Waals surface area contributed by atoms with E-state index in [0.717, 1.165) is 10.5 Å². The van der Waals surface area contributed by atoms with Gasteiger partial charge in [0.1, 0.15) is 12.2 Å². The Hall–Kier alpha value is -2.45. The highest BCUT2D eigenvalue weighted by Gasteiger charge is 2.51. The second-order valence-electron chi connectivity index (χ2n) is 7.74. The molecule has 0 spiro atoms. The molecule has 0 aliphatic carbocycles. The molecule has 1 saturated heterocycles. The molecule has 2 rings (SSSR count). The number of rotatable bonds is 4. The minimum Gasteiger partial charge on any atom is -0.445 e. The second kappa shape index (κ2) is 8.70. The van der Waals surface area contributed by atoms with E-state index in [1.54, 1.807) is 45.0 Å². The number of amides is 2. The van der Waals surface area contributed by atoms with Crippen LogP contribution >= 0.6 is 0 Å². The summed E-state index contributed by atoms with van der Waals surface area (Å²) >= 11 is 0. The molecule has 1 N–H and O–H groups in total. The van der Waals surface area contributed by atoms with Crippen molar-refractivity contribution in [2.45, 2.75) is 39.2 Å². The number of benzene rings is 1. The SMILES string of the molecule is CC(C)(C)OC(=O)NCC1CN(C(=O)OCc2ccccc2)CC1C(F)(F)F. The summed E-state index contributed by atoms with van der Waals surface area (Å²) < 4.78 is 50.3. The van der Waals surface area contributed by atoms with Gasteiger partial charge in [-0.15, -0.1) is 0 Å². The summed E-state index contributed by atoms with van der Waals surface area (Å²) in [4.78, 5) is 24.9. The Morgan fingerprint density at radius 3 is 2.36 bits per heavy atom. The predicted molar refractivity (Wildman–Crippen MR) is 95.5 cm³/mol. The largest absolute Gasteiger partial charge is 0.445 e. The third kappa shape index (κ3) is 6.61. The number of carbonyl (C=O) groups excluding carboxylic acids is 2. The number of carbonyl (C=O) groups is 2. The quantitative estimate of drug-likeness (QED) is 0.828. The van der Waals surface area contributed by atoms with E-state index < -0.39 is 42.3 Å². The van der Waals surface area contributed by atoms with Crippen molar-refractivity contribution in [1.29, 1.82) is 0 Å². The van der Waals surface area contributed by atoms with Crippen molar-refractivity contribution in [2.75, 3.05) is 19.6 Å². The Bertz CT molecular complexity index is 674. The van der Waals surface area contributed by atoms with Crippen LogP contribution in [0.15, 0.2) is 30.3 Å². The van der Waals surface area contributed by atoms with Gasteiger partial charge in [0, 0.05) is 25.6 Å². The number of nitrogens with one attached hydrogen (secondary N) is 1. The first-order chi connectivity index (χ1) is 13.0. The fourth-order valence-electron chi connectivity index (χ4n) is 2.94. The molecular formula is C19H25F3N2O4. The lowest BCUT2D eigenvalue weighted by Crippen LogP contribution is -2.39. The van der Waals surface area contributed by atoms with Gasteiger partial charge < -0.3 is 19.7 Å². The topological polar surface area (TPSA) is 67.9 Å². The van der Waals surface area contributed by atoms with Gasteiger partial charge in [-0.25, -0.2) is 9.59 Å². The van der Waals surface area contributed by atoms with Crippen molar-refractivity contribution in [3.05, 3.63) is 35.9 Å². The monoisotopic (exact) mass is 402 g/mol. The van der Waals surface area contributed by atoms with Crippen LogP contribution in [0.5, 0.6) is 0 Å². The molecule has 156 valence electrons. The van der Waals surface area contributed by atoms with Crippen LogP contribution in [-0.2, 0) is 16.1 Å². The van der Waals surface area contributed by atoms with Gasteiger partial charge in [0.15, 0.2) is 0 Å². The number of ether oxygens (including phenoxy) is 2. The molecule has 1 aromatic rings. The lowest BCUT2D eigenvalue weighted by atomic mass is 9.95. The summed E-state index contributed by atoms with van der Waals surface area (Å²) in [5, 5.41) is 2.36. The summed E-state index contributed by atoms with van der Waals surface area (Å²) in [7, 11) is 0. The highest BCUT2D eigenvalue weighted by Crippen LogP contribution is 2.37. The van der Waals surface area contributed by atoms with Gasteiger partial charge in [0.25, 0.3) is 0 Å². The number of alkyl carbamates (subject to hydrolysis) is 1. The number of alkyl halides is 3. The summed E-state index contributed by atoms with van der Waals surface area (Å²) in [6, 6.07) is 8.86. The Labute approximate surface area is 162 Å². The van der Waals surface area contributed by atoms with Crippen LogP contribution in [0, 0.1) is 11.8 Å². The van der Waals surface area contributed by atoms with Crippen molar-refractivity contribution >= 4 is 12.2 Å². The normalized spacial score (nSPS) is 20.0. The number of nitrogens with zero attached hydrogens (tertiary/aromatic N) is 1. The van der Waals surface area contributed by atoms with E-state index in [9.17, 15) is 22.8 Å². The van der Waals surface area contributed by atoms with Crippen LogP contribution in [0.25, 0.3) is 0 Å². The predicted octanol–water partition coefficient (Wildman–Crippen LogP) is 3.96. The minimum absolute atomic E-state index is 0.0202. The summed E-state index contributed by atoms with van der Waals surface area (Å²) in [5.74, 6) is -2.72. The first-order valence-corrected chi connectivity index (χ1v) is 8.95. The standard InChI is InChI=1S/C19H25F3N2O4/c1-18(2,3)28-16(25)23-9-14-10-24(11-15(14)19(20,21)22)17(26)27-12-13-7-5-4-6-8-13/h4-8,14-15H,9-12H2,1-3H3,(H,23,25). The number of hydrogen-bond donors (Lipinski definition) is 1. The van der Waals surface area contributed by atoms with Gasteiger partial charge in [-0.1, -0.05) is 30.3 Å². The maximum atomic E-state index is 13.4. The Balaban J connectivity index is 1.93. The zero-order chi connectivity index (χ0) is 20.9. The van der Waals surface area contributed by atoms with E-state index >= 15 is 0 Å². The van der Waals surface area contributed by atoms with Crippen LogP contribution < -0.4 is 5.32 Å². The molecule has 9 heteroatoms. The van der Waals surface area contributed by atoms with Crippen molar-refractivity contribution in [1.82, 2.24) is 10.2 Å². The Kier molecular flexibility index (Phi) is 6.79. The van der Waals surface area contributed by atoms with Gasteiger partial charge in [0.2, 0.25) is 0 Å². The van der Waals surface area contributed by atoms with E-state index in [4.69, 9.17) is 9.47 Å². The van der Waals surface area contributed by atoms with Gasteiger partial charge in [-0.2, -0.15) is 13.2 Å². The Morgan fingerprint density at radius 1 is 1.14 bits per heavy atom. The number of likely N-dealkylation sites (tertiary alicyclic amines) is 1. The fourth-order valence-corrected chi connectivity index (χ4v) is 2.94. The molecule has 1 fully saturated rings. The third-order valence-electron chi connectivity index (χ3n) is 4.23. The van der Waals surface area contributed by atoms with Crippen LogP contribution in [0.3, 0.4) is 0 Å². The smallest absolute Gasteiger partial charge is 0.410 e. The van der Waals surface area contributed by atoms with E-state index in [0.29, 0.717) is 0 Å². The van der Waals surface area contributed by atoms with E-state index in [1.165, 1.54) is 0 Å².